The van der Waals surface area contributed by atoms with Crippen LogP contribution in [0.15, 0.2) is 23.2 Å². The monoisotopic (exact) mass is 253 g/mol. The van der Waals surface area contributed by atoms with E-state index in [1.54, 1.807) is 13.2 Å². The quantitative estimate of drug-likeness (QED) is 0.637. The molecule has 0 saturated heterocycles. The summed E-state index contributed by atoms with van der Waals surface area (Å²) in [5.74, 6) is 1.26. The normalized spacial score (nSPS) is 15.8. The van der Waals surface area contributed by atoms with E-state index in [1.165, 1.54) is 12.8 Å². The minimum absolute atomic E-state index is 0.468. The van der Waals surface area contributed by atoms with E-state index in [0.29, 0.717) is 23.6 Å². The number of methoxy groups -OCH3 is 1. The highest BCUT2D eigenvalue weighted by atomic mass is 35.5. The standard InChI is InChI=1S/C12H16ClN3O/c1-17-11-5-2-9(13)6-8(11)7-15-12(14)16-10-3-4-10/h2,5-6,10H,3-4,7H2,1H3,(H3,14,15,16). The van der Waals surface area contributed by atoms with Gasteiger partial charge in [-0.3, -0.25) is 0 Å². The molecule has 1 aromatic carbocycles. The van der Waals surface area contributed by atoms with Gasteiger partial charge in [0.1, 0.15) is 5.75 Å². The van der Waals surface area contributed by atoms with Gasteiger partial charge >= 0.3 is 0 Å². The van der Waals surface area contributed by atoms with Crippen LogP contribution in [0.3, 0.4) is 0 Å². The van der Waals surface area contributed by atoms with Gasteiger partial charge in [0.05, 0.1) is 13.7 Å². The third kappa shape index (κ3) is 3.53. The van der Waals surface area contributed by atoms with E-state index in [4.69, 9.17) is 22.1 Å². The molecule has 0 atom stereocenters. The fraction of sp³-hybridized carbons (Fsp3) is 0.417. The number of hydrogen-bond acceptors (Lipinski definition) is 2. The summed E-state index contributed by atoms with van der Waals surface area (Å²) in [6.07, 6.45) is 2.35. The Morgan fingerprint density at radius 3 is 3.00 bits per heavy atom. The van der Waals surface area contributed by atoms with Crippen LogP contribution in [-0.4, -0.2) is 19.1 Å². The molecule has 17 heavy (non-hydrogen) atoms. The first-order valence-corrected chi connectivity index (χ1v) is 5.95. The number of halogens is 1. The van der Waals surface area contributed by atoms with Crippen molar-refractivity contribution in [2.24, 2.45) is 10.7 Å². The number of nitrogens with zero attached hydrogens (tertiary/aromatic N) is 1. The van der Waals surface area contributed by atoms with E-state index in [1.807, 2.05) is 12.1 Å². The maximum absolute atomic E-state index is 5.93. The van der Waals surface area contributed by atoms with E-state index < -0.39 is 0 Å². The molecular weight excluding hydrogens is 238 g/mol. The summed E-state index contributed by atoms with van der Waals surface area (Å²) < 4.78 is 5.24. The molecule has 0 amide bonds. The maximum Gasteiger partial charge on any atom is 0.189 e. The molecule has 0 aliphatic heterocycles. The molecule has 5 heteroatoms. The summed E-state index contributed by atoms with van der Waals surface area (Å²) >= 11 is 5.93. The Kier molecular flexibility index (Phi) is 3.74. The molecule has 92 valence electrons. The van der Waals surface area contributed by atoms with Crippen molar-refractivity contribution in [1.82, 2.24) is 5.32 Å². The first-order valence-electron chi connectivity index (χ1n) is 5.58. The molecule has 0 aromatic heterocycles. The van der Waals surface area contributed by atoms with Gasteiger partial charge in [-0.05, 0) is 31.0 Å². The van der Waals surface area contributed by atoms with Gasteiger partial charge in [0.15, 0.2) is 5.96 Å². The molecule has 0 unspecified atom stereocenters. The second kappa shape index (κ2) is 5.27. The van der Waals surface area contributed by atoms with Crippen molar-refractivity contribution >= 4 is 17.6 Å². The van der Waals surface area contributed by atoms with Crippen molar-refractivity contribution in [1.29, 1.82) is 0 Å². The number of aliphatic imine (C=N–C) groups is 1. The first-order chi connectivity index (χ1) is 8.19. The molecule has 4 nitrogen and oxygen atoms in total. The average Bonchev–Trinajstić information content (AvgIpc) is 3.10. The van der Waals surface area contributed by atoms with E-state index in [2.05, 4.69) is 10.3 Å². The Bertz CT molecular complexity index is 430. The summed E-state index contributed by atoms with van der Waals surface area (Å²) in [6.45, 7) is 0.468. The summed E-state index contributed by atoms with van der Waals surface area (Å²) in [7, 11) is 1.63. The van der Waals surface area contributed by atoms with Gasteiger partial charge < -0.3 is 15.8 Å². The van der Waals surface area contributed by atoms with Gasteiger partial charge in [-0.15, -0.1) is 0 Å². The smallest absolute Gasteiger partial charge is 0.189 e. The van der Waals surface area contributed by atoms with E-state index in [9.17, 15) is 0 Å². The molecule has 3 N–H and O–H groups in total. The first kappa shape index (κ1) is 12.0. The highest BCUT2D eigenvalue weighted by Gasteiger charge is 2.21. The van der Waals surface area contributed by atoms with Gasteiger partial charge in [0, 0.05) is 16.6 Å². The number of benzene rings is 1. The summed E-state index contributed by atoms with van der Waals surface area (Å²) in [6, 6.07) is 5.98. The van der Waals surface area contributed by atoms with Crippen molar-refractivity contribution in [2.75, 3.05) is 7.11 Å². The van der Waals surface area contributed by atoms with Crippen molar-refractivity contribution < 1.29 is 4.74 Å². The Labute approximate surface area is 106 Å². The largest absolute Gasteiger partial charge is 0.496 e. The predicted molar refractivity (Wildman–Crippen MR) is 69.5 cm³/mol. The molecule has 0 heterocycles. The lowest BCUT2D eigenvalue weighted by Gasteiger charge is -2.08. The highest BCUT2D eigenvalue weighted by molar-refractivity contribution is 6.30. The zero-order valence-electron chi connectivity index (χ0n) is 9.74. The zero-order chi connectivity index (χ0) is 12.3. The molecule has 2 rings (SSSR count). The third-order valence-corrected chi connectivity index (χ3v) is 2.83. The Hall–Kier alpha value is -1.42. The van der Waals surface area contributed by atoms with Crippen molar-refractivity contribution in [3.05, 3.63) is 28.8 Å². The predicted octanol–water partition coefficient (Wildman–Crippen LogP) is 1.92. The second-order valence-corrected chi connectivity index (χ2v) is 4.51. The van der Waals surface area contributed by atoms with E-state index >= 15 is 0 Å². The Balaban J connectivity index is 2.03. The molecule has 0 spiro atoms. The van der Waals surface area contributed by atoms with Crippen LogP contribution < -0.4 is 15.8 Å². The lowest BCUT2D eigenvalue weighted by molar-refractivity contribution is 0.410. The lowest BCUT2D eigenvalue weighted by Crippen LogP contribution is -2.33. The second-order valence-electron chi connectivity index (χ2n) is 4.08. The van der Waals surface area contributed by atoms with Crippen molar-refractivity contribution in [3.8, 4) is 5.75 Å². The average molecular weight is 254 g/mol. The zero-order valence-corrected chi connectivity index (χ0v) is 10.5. The fourth-order valence-corrected chi connectivity index (χ4v) is 1.72. The molecule has 0 radical (unpaired) electrons. The van der Waals surface area contributed by atoms with Gasteiger partial charge in [-0.2, -0.15) is 0 Å². The van der Waals surface area contributed by atoms with Gasteiger partial charge in [-0.25, -0.2) is 4.99 Å². The van der Waals surface area contributed by atoms with Crippen LogP contribution in [0.5, 0.6) is 5.75 Å². The Morgan fingerprint density at radius 1 is 1.59 bits per heavy atom. The van der Waals surface area contributed by atoms with Crippen molar-refractivity contribution in [3.63, 3.8) is 0 Å². The molecule has 1 aromatic rings. The summed E-state index contributed by atoms with van der Waals surface area (Å²) in [5.41, 5.74) is 6.69. The molecule has 1 saturated carbocycles. The van der Waals surface area contributed by atoms with Gasteiger partial charge in [-0.1, -0.05) is 11.6 Å². The van der Waals surface area contributed by atoms with E-state index in [-0.39, 0.29) is 0 Å². The van der Waals surface area contributed by atoms with Crippen LogP contribution in [0.4, 0.5) is 0 Å². The van der Waals surface area contributed by atoms with Crippen LogP contribution in [-0.2, 0) is 6.54 Å². The number of hydrogen-bond donors (Lipinski definition) is 2. The molecule has 0 bridgehead atoms. The minimum Gasteiger partial charge on any atom is -0.496 e. The number of guanidine groups is 1. The summed E-state index contributed by atoms with van der Waals surface area (Å²) in [4.78, 5) is 4.27. The number of nitrogens with one attached hydrogen (secondary N) is 1. The molecular formula is C12H16ClN3O. The number of ether oxygens (including phenoxy) is 1. The SMILES string of the molecule is COc1ccc(Cl)cc1CN=C(N)NC1CC1. The van der Waals surface area contributed by atoms with Crippen LogP contribution in [0.1, 0.15) is 18.4 Å². The number of nitrogens with two attached hydrogens (primary N) is 1. The van der Waals surface area contributed by atoms with Gasteiger partial charge in [0.25, 0.3) is 0 Å². The third-order valence-electron chi connectivity index (χ3n) is 2.59. The van der Waals surface area contributed by atoms with Gasteiger partial charge in [0.2, 0.25) is 0 Å². The van der Waals surface area contributed by atoms with Crippen LogP contribution in [0.2, 0.25) is 5.02 Å². The minimum atomic E-state index is 0.468. The van der Waals surface area contributed by atoms with E-state index in [0.717, 1.165) is 11.3 Å². The van der Waals surface area contributed by atoms with Crippen LogP contribution in [0.25, 0.3) is 0 Å². The fourth-order valence-electron chi connectivity index (χ4n) is 1.52. The maximum atomic E-state index is 5.93. The molecule has 1 aliphatic rings. The number of rotatable bonds is 4. The molecule has 1 fully saturated rings. The van der Waals surface area contributed by atoms with Crippen LogP contribution in [0, 0.1) is 0 Å². The highest BCUT2D eigenvalue weighted by Crippen LogP contribution is 2.23. The lowest BCUT2D eigenvalue weighted by atomic mass is 10.2. The topological polar surface area (TPSA) is 59.6 Å². The van der Waals surface area contributed by atoms with Crippen LogP contribution >= 0.6 is 11.6 Å². The van der Waals surface area contributed by atoms with Crippen molar-refractivity contribution in [2.45, 2.75) is 25.4 Å². The molecule has 1 aliphatic carbocycles. The summed E-state index contributed by atoms with van der Waals surface area (Å²) in [5, 5.41) is 3.80. The Morgan fingerprint density at radius 2 is 2.35 bits per heavy atom.